The fraction of sp³-hybridized carbons (Fsp3) is 0.429. The molecule has 2 atom stereocenters. The molecule has 256 valence electrons. The van der Waals surface area contributed by atoms with Gasteiger partial charge in [-0.2, -0.15) is 0 Å². The highest BCUT2D eigenvalue weighted by Crippen LogP contribution is 2.30. The molecular formula is C35H46F2N4O5S. The number of rotatable bonds is 18. The van der Waals surface area contributed by atoms with Gasteiger partial charge in [-0.25, -0.2) is 21.9 Å². The van der Waals surface area contributed by atoms with Gasteiger partial charge in [-0.15, -0.1) is 0 Å². The van der Waals surface area contributed by atoms with Gasteiger partial charge in [0.15, 0.2) is 0 Å². The van der Waals surface area contributed by atoms with E-state index in [1.807, 2.05) is 45.0 Å². The Labute approximate surface area is 276 Å². The van der Waals surface area contributed by atoms with Crippen molar-refractivity contribution in [3.63, 3.8) is 0 Å². The van der Waals surface area contributed by atoms with E-state index in [-0.39, 0.29) is 59.5 Å². The molecule has 0 bridgehead atoms. The van der Waals surface area contributed by atoms with Crippen LogP contribution in [0.15, 0.2) is 53.4 Å². The Kier molecular flexibility index (Phi) is 14.0. The van der Waals surface area contributed by atoms with Crippen LogP contribution in [-0.4, -0.2) is 50.6 Å². The molecule has 9 nitrogen and oxygen atoms in total. The summed E-state index contributed by atoms with van der Waals surface area (Å²) in [6, 6.07) is 11.1. The smallest absolute Gasteiger partial charge is 0.251 e. The van der Waals surface area contributed by atoms with Crippen molar-refractivity contribution < 1.29 is 31.9 Å². The Morgan fingerprint density at radius 1 is 0.894 bits per heavy atom. The van der Waals surface area contributed by atoms with Gasteiger partial charge in [0.1, 0.15) is 11.6 Å². The lowest BCUT2D eigenvalue weighted by atomic mass is 9.89. The van der Waals surface area contributed by atoms with Crippen LogP contribution in [0.3, 0.4) is 0 Å². The largest absolute Gasteiger partial charge is 0.390 e. The molecule has 0 aliphatic heterocycles. The summed E-state index contributed by atoms with van der Waals surface area (Å²) in [6.07, 6.45) is 1.01. The normalized spacial score (nSPS) is 12.9. The number of benzene rings is 3. The summed E-state index contributed by atoms with van der Waals surface area (Å²) in [7, 11) is -4.13. The van der Waals surface area contributed by atoms with Crippen molar-refractivity contribution in [1.82, 2.24) is 15.4 Å². The number of hydrogen-bond donors (Lipinski definition) is 5. The maximum absolute atomic E-state index is 14.1. The summed E-state index contributed by atoms with van der Waals surface area (Å²) in [5, 5.41) is 17.3. The van der Waals surface area contributed by atoms with Crippen molar-refractivity contribution in [3.8, 4) is 0 Å². The van der Waals surface area contributed by atoms with Gasteiger partial charge in [0.2, 0.25) is 15.9 Å². The number of halogens is 2. The standard InChI is InChI=1S/C35H46F2N4O5S/c1-5-10-27-29(19-32(47(45,46)40-8-4)28(11-6-2)33(27)34(38)43)35(44)41-30(17-24-15-25(36)18-26(37)16-24)31(42)21-39-20-23-13-9-12-22(7-3)14-23/h9,12-16,18-19,30-31,39-40,42H,5-8,10-11,17,20-21H2,1-4H3,(H2,38,43)(H,41,44)/t30-,31+/m0/s1. The second kappa shape index (κ2) is 17.4. The predicted octanol–water partition coefficient (Wildman–Crippen LogP) is 4.32. The molecule has 3 aromatic rings. The lowest BCUT2D eigenvalue weighted by molar-refractivity contribution is 0.0828. The highest BCUT2D eigenvalue weighted by molar-refractivity contribution is 7.89. The van der Waals surface area contributed by atoms with E-state index < -0.39 is 45.6 Å². The number of sulfonamides is 1. The Morgan fingerprint density at radius 2 is 1.53 bits per heavy atom. The predicted molar refractivity (Wildman–Crippen MR) is 179 cm³/mol. The number of nitrogens with two attached hydrogens (primary N) is 1. The maximum Gasteiger partial charge on any atom is 0.251 e. The number of aliphatic hydroxyl groups is 1. The van der Waals surface area contributed by atoms with Gasteiger partial charge in [0, 0.05) is 36.8 Å². The molecule has 3 rings (SSSR count). The molecule has 0 saturated heterocycles. The lowest BCUT2D eigenvalue weighted by Gasteiger charge is -2.26. The van der Waals surface area contributed by atoms with Crippen LogP contribution >= 0.6 is 0 Å². The topological polar surface area (TPSA) is 151 Å². The average molecular weight is 673 g/mol. The Hall–Kier alpha value is -3.71. The van der Waals surface area contributed by atoms with Crippen LogP contribution < -0.4 is 21.1 Å². The van der Waals surface area contributed by atoms with Crippen LogP contribution in [0.25, 0.3) is 0 Å². The van der Waals surface area contributed by atoms with Crippen LogP contribution in [0, 0.1) is 11.6 Å². The Morgan fingerprint density at radius 3 is 2.13 bits per heavy atom. The van der Waals surface area contributed by atoms with E-state index in [2.05, 4.69) is 15.4 Å². The summed E-state index contributed by atoms with van der Waals surface area (Å²) in [5.41, 5.74) is 8.62. The van der Waals surface area contributed by atoms with Gasteiger partial charge in [0.25, 0.3) is 5.91 Å². The van der Waals surface area contributed by atoms with Gasteiger partial charge in [-0.3, -0.25) is 9.59 Å². The minimum absolute atomic E-state index is 0.0156. The zero-order chi connectivity index (χ0) is 34.7. The molecule has 0 aliphatic carbocycles. The number of primary amides is 1. The summed E-state index contributed by atoms with van der Waals surface area (Å²) >= 11 is 0. The van der Waals surface area contributed by atoms with E-state index in [9.17, 15) is 31.9 Å². The molecule has 6 N–H and O–H groups in total. The molecular weight excluding hydrogens is 626 g/mol. The van der Waals surface area contributed by atoms with Crippen LogP contribution in [0.5, 0.6) is 0 Å². The highest BCUT2D eigenvalue weighted by atomic mass is 32.2. The van der Waals surface area contributed by atoms with Crippen molar-refractivity contribution in [3.05, 3.63) is 99.1 Å². The second-order valence-corrected chi connectivity index (χ2v) is 13.3. The van der Waals surface area contributed by atoms with Crippen molar-refractivity contribution in [2.24, 2.45) is 5.73 Å². The first kappa shape index (κ1) is 37.7. The van der Waals surface area contributed by atoms with Gasteiger partial charge >= 0.3 is 0 Å². The number of carbonyl (C=O) groups is 2. The monoisotopic (exact) mass is 672 g/mol. The molecule has 0 saturated carbocycles. The van der Waals surface area contributed by atoms with Crippen LogP contribution in [0.4, 0.5) is 8.78 Å². The highest BCUT2D eigenvalue weighted by Gasteiger charge is 2.31. The fourth-order valence-electron chi connectivity index (χ4n) is 5.74. The van der Waals surface area contributed by atoms with E-state index in [0.29, 0.717) is 24.9 Å². The molecule has 0 fully saturated rings. The van der Waals surface area contributed by atoms with Gasteiger partial charge in [0.05, 0.1) is 17.0 Å². The van der Waals surface area contributed by atoms with E-state index in [1.54, 1.807) is 6.92 Å². The minimum atomic E-state index is -4.13. The zero-order valence-electron chi connectivity index (χ0n) is 27.5. The molecule has 2 amide bonds. The van der Waals surface area contributed by atoms with Crippen LogP contribution in [-0.2, 0) is 42.3 Å². The number of carbonyl (C=O) groups excluding carboxylic acids is 2. The minimum Gasteiger partial charge on any atom is -0.390 e. The quantitative estimate of drug-likeness (QED) is 0.136. The van der Waals surface area contributed by atoms with Gasteiger partial charge in [-0.1, -0.05) is 64.8 Å². The second-order valence-electron chi connectivity index (χ2n) is 11.6. The van der Waals surface area contributed by atoms with Crippen molar-refractivity contribution in [2.75, 3.05) is 13.1 Å². The van der Waals surface area contributed by atoms with E-state index in [4.69, 9.17) is 5.73 Å². The molecule has 47 heavy (non-hydrogen) atoms. The molecule has 0 heterocycles. The molecule has 12 heteroatoms. The summed E-state index contributed by atoms with van der Waals surface area (Å²) in [5.74, 6) is -3.24. The third-order valence-corrected chi connectivity index (χ3v) is 9.47. The Balaban J connectivity index is 2.06. The maximum atomic E-state index is 14.1. The molecule has 0 spiro atoms. The number of nitrogens with one attached hydrogen (secondary N) is 3. The van der Waals surface area contributed by atoms with Crippen molar-refractivity contribution in [2.45, 2.75) is 89.8 Å². The number of hydrogen-bond acceptors (Lipinski definition) is 6. The number of amides is 2. The van der Waals surface area contributed by atoms with Crippen molar-refractivity contribution in [1.29, 1.82) is 0 Å². The fourth-order valence-corrected chi connectivity index (χ4v) is 7.08. The van der Waals surface area contributed by atoms with E-state index in [1.165, 1.54) is 6.07 Å². The first-order valence-electron chi connectivity index (χ1n) is 16.1. The van der Waals surface area contributed by atoms with E-state index in [0.717, 1.165) is 35.7 Å². The van der Waals surface area contributed by atoms with Gasteiger partial charge < -0.3 is 21.5 Å². The summed E-state index contributed by atoms with van der Waals surface area (Å²) in [4.78, 5) is 26.7. The zero-order valence-corrected chi connectivity index (χ0v) is 28.3. The van der Waals surface area contributed by atoms with Crippen LogP contribution in [0.2, 0.25) is 0 Å². The first-order chi connectivity index (χ1) is 22.3. The lowest BCUT2D eigenvalue weighted by Crippen LogP contribution is -2.49. The third kappa shape index (κ3) is 10.1. The SMILES string of the molecule is CCCc1c(C(=O)N[C@@H](Cc2cc(F)cc(F)c2)[C@H](O)CNCc2cccc(CC)c2)cc(S(=O)(=O)NCC)c(CCC)c1C(N)=O. The molecule has 0 unspecified atom stereocenters. The summed E-state index contributed by atoms with van der Waals surface area (Å²) < 4.78 is 57.4. The number of aryl methyl sites for hydroxylation is 1. The molecule has 3 aromatic carbocycles. The number of aliphatic hydroxyl groups excluding tert-OH is 1. The van der Waals surface area contributed by atoms with Crippen molar-refractivity contribution >= 4 is 21.8 Å². The van der Waals surface area contributed by atoms with Gasteiger partial charge in [-0.05, 0) is 71.7 Å². The average Bonchev–Trinajstić information content (AvgIpc) is 3.00. The third-order valence-electron chi connectivity index (χ3n) is 7.86. The molecule has 0 aromatic heterocycles. The summed E-state index contributed by atoms with van der Waals surface area (Å²) in [6.45, 7) is 7.86. The molecule has 0 aliphatic rings. The van der Waals surface area contributed by atoms with Crippen LogP contribution in [0.1, 0.15) is 89.1 Å². The van der Waals surface area contributed by atoms with E-state index >= 15 is 0 Å². The first-order valence-corrected chi connectivity index (χ1v) is 17.5. The Bertz CT molecular complexity index is 1650. The molecule has 0 radical (unpaired) electrons.